The van der Waals surface area contributed by atoms with E-state index in [1.165, 1.54) is 0 Å². The molecule has 0 saturated heterocycles. The van der Waals surface area contributed by atoms with E-state index in [0.717, 1.165) is 27.6 Å². The topological polar surface area (TPSA) is 90.0 Å². The molecule has 126 valence electrons. The van der Waals surface area contributed by atoms with Gasteiger partial charge < -0.3 is 9.40 Å². The van der Waals surface area contributed by atoms with Crippen molar-refractivity contribution in [3.63, 3.8) is 0 Å². The molecule has 0 aliphatic rings. The van der Waals surface area contributed by atoms with E-state index >= 15 is 0 Å². The van der Waals surface area contributed by atoms with Crippen molar-refractivity contribution in [2.24, 2.45) is 5.10 Å². The van der Waals surface area contributed by atoms with Gasteiger partial charge in [0.1, 0.15) is 6.07 Å². The SMILES string of the molecule is Cc1ccc(-c2nc(C#N)c(NN=Cc3ccc4cc[nH]c4c3)o2)cc1. The summed E-state index contributed by atoms with van der Waals surface area (Å²) in [5.41, 5.74) is 6.83. The predicted molar refractivity (Wildman–Crippen MR) is 101 cm³/mol. The number of oxazole rings is 1. The fraction of sp³-hybridized carbons (Fsp3) is 0.0500. The van der Waals surface area contributed by atoms with Crippen molar-refractivity contribution in [2.75, 3.05) is 5.43 Å². The first-order valence-electron chi connectivity index (χ1n) is 8.07. The molecule has 0 saturated carbocycles. The molecule has 4 rings (SSSR count). The first-order chi connectivity index (χ1) is 12.7. The molecule has 0 fully saturated rings. The van der Waals surface area contributed by atoms with E-state index < -0.39 is 0 Å². The highest BCUT2D eigenvalue weighted by atomic mass is 16.4. The monoisotopic (exact) mass is 341 g/mol. The van der Waals surface area contributed by atoms with Crippen LogP contribution >= 0.6 is 0 Å². The maximum absolute atomic E-state index is 9.27. The third kappa shape index (κ3) is 3.06. The van der Waals surface area contributed by atoms with E-state index in [4.69, 9.17) is 4.42 Å². The molecule has 0 unspecified atom stereocenters. The number of H-pyrrole nitrogens is 1. The van der Waals surface area contributed by atoms with Crippen molar-refractivity contribution >= 4 is 23.0 Å². The Morgan fingerprint density at radius 3 is 2.85 bits per heavy atom. The number of nitrogens with zero attached hydrogens (tertiary/aromatic N) is 3. The molecule has 0 aliphatic carbocycles. The van der Waals surface area contributed by atoms with Gasteiger partial charge in [0, 0.05) is 17.3 Å². The summed E-state index contributed by atoms with van der Waals surface area (Å²) in [5.74, 6) is 0.604. The number of fused-ring (bicyclic) bond motifs is 1. The number of hydrazone groups is 1. The molecule has 4 aromatic rings. The van der Waals surface area contributed by atoms with Crippen LogP contribution in [0.2, 0.25) is 0 Å². The van der Waals surface area contributed by atoms with E-state index in [-0.39, 0.29) is 11.6 Å². The van der Waals surface area contributed by atoms with Crippen LogP contribution < -0.4 is 5.43 Å². The summed E-state index contributed by atoms with van der Waals surface area (Å²) in [6.45, 7) is 2.01. The Kier molecular flexibility index (Phi) is 3.96. The Hall–Kier alpha value is -3.85. The molecular weight excluding hydrogens is 326 g/mol. The summed E-state index contributed by atoms with van der Waals surface area (Å²) in [4.78, 5) is 7.38. The van der Waals surface area contributed by atoms with Crippen molar-refractivity contribution in [1.29, 1.82) is 5.26 Å². The van der Waals surface area contributed by atoms with Gasteiger partial charge >= 0.3 is 0 Å². The third-order valence-electron chi connectivity index (χ3n) is 3.99. The number of aryl methyl sites for hydroxylation is 1. The van der Waals surface area contributed by atoms with Crippen LogP contribution in [0.1, 0.15) is 16.8 Å². The van der Waals surface area contributed by atoms with Crippen molar-refractivity contribution in [2.45, 2.75) is 6.92 Å². The van der Waals surface area contributed by atoms with Crippen LogP contribution in [0.5, 0.6) is 0 Å². The molecule has 2 aromatic heterocycles. The van der Waals surface area contributed by atoms with Crippen molar-refractivity contribution in [3.8, 4) is 17.5 Å². The molecule has 2 heterocycles. The standard InChI is InChI=1S/C20H15N5O/c1-13-2-5-16(6-3-13)19-24-18(11-21)20(26-19)25-23-12-14-4-7-15-8-9-22-17(15)10-14/h2-10,12,22,25H,1H3. The van der Waals surface area contributed by atoms with Gasteiger partial charge in [0.15, 0.2) is 0 Å². The van der Waals surface area contributed by atoms with Gasteiger partial charge in [-0.1, -0.05) is 29.8 Å². The average molecular weight is 341 g/mol. The van der Waals surface area contributed by atoms with E-state index in [9.17, 15) is 5.26 Å². The Balaban J connectivity index is 1.55. The molecule has 2 aromatic carbocycles. The summed E-state index contributed by atoms with van der Waals surface area (Å²) in [7, 11) is 0. The molecule has 2 N–H and O–H groups in total. The predicted octanol–water partition coefficient (Wildman–Crippen LogP) is 4.45. The lowest BCUT2D eigenvalue weighted by Gasteiger charge is -1.97. The van der Waals surface area contributed by atoms with Crippen molar-refractivity contribution in [1.82, 2.24) is 9.97 Å². The molecule has 6 heteroatoms. The Labute approximate surface area is 149 Å². The number of anilines is 1. The van der Waals surface area contributed by atoms with Gasteiger partial charge in [-0.15, -0.1) is 0 Å². The van der Waals surface area contributed by atoms with Gasteiger partial charge in [-0.2, -0.15) is 15.3 Å². The zero-order valence-corrected chi connectivity index (χ0v) is 14.0. The lowest BCUT2D eigenvalue weighted by molar-refractivity contribution is 0.587. The van der Waals surface area contributed by atoms with Crippen molar-refractivity contribution < 1.29 is 4.42 Å². The molecule has 0 bridgehead atoms. The second-order valence-electron chi connectivity index (χ2n) is 5.87. The highest BCUT2D eigenvalue weighted by Crippen LogP contribution is 2.25. The zero-order valence-electron chi connectivity index (χ0n) is 14.0. The largest absolute Gasteiger partial charge is 0.417 e. The zero-order chi connectivity index (χ0) is 17.9. The number of aromatic nitrogens is 2. The van der Waals surface area contributed by atoms with Crippen LogP contribution in [0.3, 0.4) is 0 Å². The minimum atomic E-state index is 0.164. The average Bonchev–Trinajstić information content (AvgIpc) is 3.28. The summed E-state index contributed by atoms with van der Waals surface area (Å²) >= 11 is 0. The second-order valence-corrected chi connectivity index (χ2v) is 5.87. The summed E-state index contributed by atoms with van der Waals surface area (Å²) < 4.78 is 5.66. The van der Waals surface area contributed by atoms with Crippen LogP contribution in [0.25, 0.3) is 22.4 Å². The molecule has 6 nitrogen and oxygen atoms in total. The lowest BCUT2D eigenvalue weighted by Crippen LogP contribution is -1.91. The quantitative estimate of drug-likeness (QED) is 0.424. The number of nitrogens with one attached hydrogen (secondary N) is 2. The maximum Gasteiger partial charge on any atom is 0.252 e. The van der Waals surface area contributed by atoms with Crippen LogP contribution in [0.15, 0.2) is 64.2 Å². The smallest absolute Gasteiger partial charge is 0.252 e. The van der Waals surface area contributed by atoms with E-state index in [2.05, 4.69) is 20.5 Å². The minimum absolute atomic E-state index is 0.164. The fourth-order valence-electron chi connectivity index (χ4n) is 2.60. The summed E-state index contributed by atoms with van der Waals surface area (Å²) in [5, 5.41) is 14.6. The van der Waals surface area contributed by atoms with Gasteiger partial charge in [0.05, 0.1) is 6.21 Å². The Morgan fingerprint density at radius 2 is 2.04 bits per heavy atom. The number of hydrogen-bond acceptors (Lipinski definition) is 5. The number of hydrogen-bond donors (Lipinski definition) is 2. The van der Waals surface area contributed by atoms with E-state index in [1.807, 2.05) is 67.7 Å². The molecule has 0 aliphatic heterocycles. The first-order valence-corrected chi connectivity index (χ1v) is 8.07. The highest BCUT2D eigenvalue weighted by molar-refractivity contribution is 5.89. The van der Waals surface area contributed by atoms with Crippen LogP contribution in [-0.2, 0) is 0 Å². The number of nitriles is 1. The summed E-state index contributed by atoms with van der Waals surface area (Å²) in [6, 6.07) is 17.7. The Morgan fingerprint density at radius 1 is 1.19 bits per heavy atom. The van der Waals surface area contributed by atoms with Gasteiger partial charge in [-0.05, 0) is 42.1 Å². The number of aromatic amines is 1. The normalized spacial score (nSPS) is 11.1. The van der Waals surface area contributed by atoms with E-state index in [0.29, 0.717) is 5.89 Å². The van der Waals surface area contributed by atoms with Gasteiger partial charge in [-0.3, -0.25) is 0 Å². The number of rotatable bonds is 4. The number of benzene rings is 2. The van der Waals surface area contributed by atoms with Gasteiger partial charge in [-0.25, -0.2) is 5.43 Å². The van der Waals surface area contributed by atoms with E-state index in [1.54, 1.807) is 6.21 Å². The lowest BCUT2D eigenvalue weighted by atomic mass is 10.1. The molecule has 0 atom stereocenters. The van der Waals surface area contributed by atoms with Crippen LogP contribution in [-0.4, -0.2) is 16.2 Å². The molecule has 0 amide bonds. The van der Waals surface area contributed by atoms with Crippen LogP contribution in [0.4, 0.5) is 5.88 Å². The summed E-state index contributed by atoms with van der Waals surface area (Å²) in [6.07, 6.45) is 3.56. The molecule has 0 radical (unpaired) electrons. The molecular formula is C20H15N5O. The molecule has 0 spiro atoms. The fourth-order valence-corrected chi connectivity index (χ4v) is 2.60. The second kappa shape index (κ2) is 6.57. The first kappa shape index (κ1) is 15.7. The third-order valence-corrected chi connectivity index (χ3v) is 3.99. The molecule has 26 heavy (non-hydrogen) atoms. The maximum atomic E-state index is 9.27. The highest BCUT2D eigenvalue weighted by Gasteiger charge is 2.13. The van der Waals surface area contributed by atoms with Crippen molar-refractivity contribution in [3.05, 3.63) is 71.5 Å². The minimum Gasteiger partial charge on any atom is -0.417 e. The van der Waals surface area contributed by atoms with Crippen LogP contribution in [0, 0.1) is 18.3 Å². The van der Waals surface area contributed by atoms with Gasteiger partial charge in [0.25, 0.3) is 5.88 Å². The van der Waals surface area contributed by atoms with Gasteiger partial charge in [0.2, 0.25) is 11.6 Å². The Bertz CT molecular complexity index is 1130.